The topological polar surface area (TPSA) is 75.2 Å². The normalized spacial score (nSPS) is 19.0. The number of piperidine rings is 1. The van der Waals surface area contributed by atoms with E-state index in [1.54, 1.807) is 6.07 Å². The second-order valence-corrected chi connectivity index (χ2v) is 10.3. The van der Waals surface area contributed by atoms with Gasteiger partial charge in [-0.15, -0.1) is 0 Å². The minimum Gasteiger partial charge on any atom is -0.296 e. The number of fused-ring (bicyclic) bond motifs is 1. The number of likely N-dealkylation sites (tertiary alicyclic amines) is 1. The van der Waals surface area contributed by atoms with E-state index in [9.17, 15) is 8.42 Å². The molecule has 5 rings (SSSR count). The number of nitrogens with zero attached hydrogens (tertiary/aromatic N) is 3. The molecule has 31 heavy (non-hydrogen) atoms. The summed E-state index contributed by atoms with van der Waals surface area (Å²) in [7, 11) is -3.61. The van der Waals surface area contributed by atoms with Gasteiger partial charge in [0, 0.05) is 19.0 Å². The highest BCUT2D eigenvalue weighted by Crippen LogP contribution is 2.37. The fourth-order valence-corrected chi connectivity index (χ4v) is 6.03. The smallest absolute Gasteiger partial charge is 0.263 e. The maximum Gasteiger partial charge on any atom is 0.263 e. The van der Waals surface area contributed by atoms with E-state index in [2.05, 4.69) is 19.0 Å². The van der Waals surface area contributed by atoms with Crippen molar-refractivity contribution in [1.82, 2.24) is 14.3 Å². The number of aromatic nitrogens is 2. The van der Waals surface area contributed by atoms with Gasteiger partial charge in [-0.3, -0.25) is 9.62 Å². The minimum atomic E-state index is -3.61. The highest BCUT2D eigenvalue weighted by Gasteiger charge is 2.28. The molecule has 0 radical (unpaired) electrons. The molecule has 0 amide bonds. The van der Waals surface area contributed by atoms with Gasteiger partial charge in [0.15, 0.2) is 0 Å². The zero-order valence-electron chi connectivity index (χ0n) is 17.5. The van der Waals surface area contributed by atoms with Gasteiger partial charge in [-0.25, -0.2) is 13.4 Å². The fourth-order valence-electron chi connectivity index (χ4n) is 4.32. The van der Waals surface area contributed by atoms with Gasteiger partial charge in [0.05, 0.1) is 4.90 Å². The Morgan fingerprint density at radius 2 is 1.71 bits per heavy atom. The van der Waals surface area contributed by atoms with Crippen LogP contribution >= 0.6 is 11.5 Å². The summed E-state index contributed by atoms with van der Waals surface area (Å²) in [5.74, 6) is 0. The standard InChI is InChI=1S/C17H22N4O2S2.C6H6.H2/c22-25(23,20-17-18-12-19-24-17)14-7-8-15-13(11-14)5-4-6-16(15)21-9-2-1-3-10-21;1-2-4-6-5-3-1;/h7-8,11-12,16H,1-6,9-10H2,(H,18,19,20);1-6H;1H/t16-;;/m1../s1. The molecule has 3 aromatic rings. The summed E-state index contributed by atoms with van der Waals surface area (Å²) in [4.78, 5) is 6.78. The van der Waals surface area contributed by atoms with Crippen LogP contribution in [0, 0.1) is 0 Å². The van der Waals surface area contributed by atoms with Gasteiger partial charge in [0.2, 0.25) is 5.13 Å². The summed E-state index contributed by atoms with van der Waals surface area (Å²) >= 11 is 1.03. The van der Waals surface area contributed by atoms with Gasteiger partial charge in [-0.05, 0) is 68.5 Å². The first kappa shape index (κ1) is 21.9. The van der Waals surface area contributed by atoms with Crippen LogP contribution in [0.4, 0.5) is 5.13 Å². The molecule has 1 N–H and O–H groups in total. The van der Waals surface area contributed by atoms with E-state index >= 15 is 0 Å². The molecule has 8 heteroatoms. The first-order chi connectivity index (χ1) is 15.1. The first-order valence-electron chi connectivity index (χ1n) is 10.8. The van der Waals surface area contributed by atoms with Gasteiger partial charge >= 0.3 is 0 Å². The molecule has 6 nitrogen and oxygen atoms in total. The van der Waals surface area contributed by atoms with Crippen molar-refractivity contribution in [3.8, 4) is 0 Å². The second kappa shape index (κ2) is 10.3. The van der Waals surface area contributed by atoms with E-state index in [1.165, 1.54) is 43.1 Å². The average Bonchev–Trinajstić information content (AvgIpc) is 3.33. The third-order valence-electron chi connectivity index (χ3n) is 5.79. The summed E-state index contributed by atoms with van der Waals surface area (Å²) in [6.07, 6.45) is 8.43. The van der Waals surface area contributed by atoms with Crippen LogP contribution in [0.3, 0.4) is 0 Å². The number of hydrogen-bond acceptors (Lipinski definition) is 6. The van der Waals surface area contributed by atoms with E-state index in [4.69, 9.17) is 0 Å². The summed E-state index contributed by atoms with van der Waals surface area (Å²) in [5.41, 5.74) is 2.48. The number of hydrogen-bond donors (Lipinski definition) is 1. The maximum atomic E-state index is 12.6. The van der Waals surface area contributed by atoms with Crippen LogP contribution in [0.5, 0.6) is 0 Å². The molecule has 1 aliphatic carbocycles. The fraction of sp³-hybridized carbons (Fsp3) is 0.391. The number of sulfonamides is 1. The van der Waals surface area contributed by atoms with Crippen molar-refractivity contribution in [2.24, 2.45) is 0 Å². The predicted molar refractivity (Wildman–Crippen MR) is 127 cm³/mol. The summed E-state index contributed by atoms with van der Waals surface area (Å²) < 4.78 is 31.5. The van der Waals surface area contributed by atoms with Gasteiger partial charge in [-0.2, -0.15) is 4.37 Å². The molecule has 1 saturated heterocycles. The molecule has 1 aliphatic heterocycles. The molecule has 2 aromatic carbocycles. The molecule has 0 saturated carbocycles. The minimum absolute atomic E-state index is 0. The SMILES string of the molecule is O=S(=O)(Nc1ncns1)c1ccc2c(c1)CCC[C@H]2N1CCCCC1.[HH].c1ccccc1. The molecule has 166 valence electrons. The lowest BCUT2D eigenvalue weighted by atomic mass is 9.86. The van der Waals surface area contributed by atoms with Crippen LogP contribution in [-0.4, -0.2) is 35.8 Å². The molecule has 2 aliphatic rings. The maximum absolute atomic E-state index is 12.6. The Morgan fingerprint density at radius 3 is 2.35 bits per heavy atom. The van der Waals surface area contributed by atoms with Gasteiger partial charge < -0.3 is 0 Å². The van der Waals surface area contributed by atoms with Crippen LogP contribution in [0.15, 0.2) is 65.8 Å². The Morgan fingerprint density at radius 1 is 1.00 bits per heavy atom. The lowest BCUT2D eigenvalue weighted by Gasteiger charge is -2.38. The van der Waals surface area contributed by atoms with E-state index < -0.39 is 10.0 Å². The van der Waals surface area contributed by atoms with Crippen LogP contribution in [0.25, 0.3) is 0 Å². The van der Waals surface area contributed by atoms with Crippen molar-refractivity contribution >= 4 is 26.7 Å². The molecule has 1 fully saturated rings. The predicted octanol–water partition coefficient (Wildman–Crippen LogP) is 5.13. The Kier molecular flexibility index (Phi) is 7.32. The average molecular weight is 459 g/mol. The summed E-state index contributed by atoms with van der Waals surface area (Å²) in [5, 5.41) is 0.295. The number of nitrogens with one attached hydrogen (secondary N) is 1. The van der Waals surface area contributed by atoms with Crippen LogP contribution in [-0.2, 0) is 16.4 Å². The van der Waals surface area contributed by atoms with Crippen molar-refractivity contribution in [1.29, 1.82) is 0 Å². The van der Waals surface area contributed by atoms with E-state index in [0.29, 0.717) is 16.1 Å². The second-order valence-electron chi connectivity index (χ2n) is 7.87. The van der Waals surface area contributed by atoms with Gasteiger partial charge in [0.1, 0.15) is 6.33 Å². The summed E-state index contributed by atoms with van der Waals surface area (Å²) in [6.45, 7) is 2.31. The van der Waals surface area contributed by atoms with Crippen LogP contribution in [0.2, 0.25) is 0 Å². The molecule has 2 heterocycles. The third-order valence-corrected chi connectivity index (χ3v) is 7.83. The van der Waals surface area contributed by atoms with Crippen molar-refractivity contribution < 1.29 is 9.84 Å². The Labute approximate surface area is 190 Å². The van der Waals surface area contributed by atoms with Crippen molar-refractivity contribution in [3.05, 3.63) is 72.1 Å². The zero-order chi connectivity index (χ0) is 21.5. The molecular formula is C23H30N4O2S2. The molecule has 0 bridgehead atoms. The Balaban J connectivity index is 0.000000360. The molecule has 1 atom stereocenters. The number of anilines is 1. The first-order valence-corrected chi connectivity index (χ1v) is 13.1. The third kappa shape index (κ3) is 5.70. The number of rotatable bonds is 4. The number of aryl methyl sites for hydroxylation is 1. The van der Waals surface area contributed by atoms with Gasteiger partial charge in [0.25, 0.3) is 10.0 Å². The van der Waals surface area contributed by atoms with E-state index in [1.807, 2.05) is 48.5 Å². The lowest BCUT2D eigenvalue weighted by molar-refractivity contribution is 0.148. The number of benzene rings is 2. The summed E-state index contributed by atoms with van der Waals surface area (Å²) in [6, 6.07) is 18.0. The molecule has 0 unspecified atom stereocenters. The van der Waals surface area contributed by atoms with Crippen molar-refractivity contribution in [3.63, 3.8) is 0 Å². The Bertz CT molecular complexity index is 1030. The Hall–Kier alpha value is -2.29. The van der Waals surface area contributed by atoms with Gasteiger partial charge in [-0.1, -0.05) is 48.9 Å². The molecule has 1 aromatic heterocycles. The monoisotopic (exact) mass is 458 g/mol. The highest BCUT2D eigenvalue weighted by atomic mass is 32.2. The zero-order valence-corrected chi connectivity index (χ0v) is 19.1. The largest absolute Gasteiger partial charge is 0.296 e. The molecular weight excluding hydrogens is 428 g/mol. The quantitative estimate of drug-likeness (QED) is 0.586. The van der Waals surface area contributed by atoms with Crippen molar-refractivity contribution in [2.45, 2.75) is 49.5 Å². The van der Waals surface area contributed by atoms with E-state index in [0.717, 1.165) is 37.5 Å². The molecule has 0 spiro atoms. The van der Waals surface area contributed by atoms with Crippen LogP contribution < -0.4 is 4.72 Å². The highest BCUT2D eigenvalue weighted by molar-refractivity contribution is 7.93. The lowest BCUT2D eigenvalue weighted by Crippen LogP contribution is -2.35. The van der Waals surface area contributed by atoms with Crippen LogP contribution in [0.1, 0.15) is 50.7 Å². The van der Waals surface area contributed by atoms with E-state index in [-0.39, 0.29) is 1.43 Å². The van der Waals surface area contributed by atoms with Crippen molar-refractivity contribution in [2.75, 3.05) is 17.8 Å².